The van der Waals surface area contributed by atoms with Gasteiger partial charge in [-0.1, -0.05) is 87.9 Å². The molecule has 4 unspecified atom stereocenters. The summed E-state index contributed by atoms with van der Waals surface area (Å²) in [4.78, 5) is 36.9. The molecule has 1 fully saturated rings. The first-order valence-corrected chi connectivity index (χ1v) is 13.7. The molecule has 4 atom stereocenters. The number of methoxy groups -OCH3 is 1. The highest BCUT2D eigenvalue weighted by atomic mass is 16.5. The molecule has 1 aromatic carbocycles. The number of ether oxygens (including phenoxy) is 1. The van der Waals surface area contributed by atoms with Crippen LogP contribution in [0.2, 0.25) is 0 Å². The Bertz CT molecular complexity index is 822. The van der Waals surface area contributed by atoms with Crippen molar-refractivity contribution in [2.45, 2.75) is 103 Å². The lowest BCUT2D eigenvalue weighted by atomic mass is 9.89. The van der Waals surface area contributed by atoms with Crippen LogP contribution in [-0.4, -0.2) is 42.0 Å². The number of amides is 1. The Morgan fingerprint density at radius 1 is 1.11 bits per heavy atom. The lowest BCUT2D eigenvalue weighted by Crippen LogP contribution is -2.43. The highest BCUT2D eigenvalue weighted by molar-refractivity contribution is 5.84. The first-order chi connectivity index (χ1) is 17.4. The summed E-state index contributed by atoms with van der Waals surface area (Å²) >= 11 is 0. The van der Waals surface area contributed by atoms with Gasteiger partial charge in [-0.15, -0.1) is 0 Å². The predicted molar refractivity (Wildman–Crippen MR) is 142 cm³/mol. The summed E-state index contributed by atoms with van der Waals surface area (Å²) in [5, 5.41) is 13.0. The number of unbranched alkanes of at least 4 members (excludes halogenated alkanes) is 5. The minimum atomic E-state index is -0.687. The quantitative estimate of drug-likeness (QED) is 0.172. The zero-order valence-electron chi connectivity index (χ0n) is 22.1. The van der Waals surface area contributed by atoms with E-state index in [9.17, 15) is 19.5 Å². The summed E-state index contributed by atoms with van der Waals surface area (Å²) in [5.41, 5.74) is 0.966. The van der Waals surface area contributed by atoms with Gasteiger partial charge in [0.15, 0.2) is 0 Å². The molecular weight excluding hydrogens is 454 g/mol. The Morgan fingerprint density at radius 2 is 1.86 bits per heavy atom. The lowest BCUT2D eigenvalue weighted by molar-refractivity contribution is -0.145. The van der Waals surface area contributed by atoms with Gasteiger partial charge in [0.05, 0.1) is 13.2 Å². The molecule has 1 amide bonds. The van der Waals surface area contributed by atoms with E-state index in [1.807, 2.05) is 36.4 Å². The number of hydrogen-bond donors (Lipinski definition) is 2. The van der Waals surface area contributed by atoms with Gasteiger partial charge in [0.2, 0.25) is 5.91 Å². The third-order valence-electron chi connectivity index (χ3n) is 7.11. The molecule has 1 aromatic rings. The average Bonchev–Trinajstić information content (AvgIpc) is 3.23. The molecule has 1 aliphatic carbocycles. The summed E-state index contributed by atoms with van der Waals surface area (Å²) in [6, 6.07) is 8.88. The monoisotopic (exact) mass is 499 g/mol. The number of aliphatic hydroxyl groups is 1. The van der Waals surface area contributed by atoms with E-state index in [1.54, 1.807) is 0 Å². The molecular formula is C30H45NO5. The van der Waals surface area contributed by atoms with Crippen molar-refractivity contribution in [3.05, 3.63) is 48.0 Å². The number of esters is 1. The molecule has 6 nitrogen and oxygen atoms in total. The van der Waals surface area contributed by atoms with Crippen molar-refractivity contribution >= 4 is 17.7 Å². The summed E-state index contributed by atoms with van der Waals surface area (Å²) in [6.45, 7) is 2.15. The molecule has 0 spiro atoms. The van der Waals surface area contributed by atoms with Gasteiger partial charge in [-0.3, -0.25) is 9.59 Å². The molecule has 200 valence electrons. The average molecular weight is 500 g/mol. The van der Waals surface area contributed by atoms with Gasteiger partial charge < -0.3 is 15.2 Å². The highest BCUT2D eigenvalue weighted by Crippen LogP contribution is 2.34. The number of carbonyl (C=O) groups is 3. The van der Waals surface area contributed by atoms with Gasteiger partial charge in [-0.25, -0.2) is 4.79 Å². The van der Waals surface area contributed by atoms with Crippen LogP contribution in [0.25, 0.3) is 0 Å². The summed E-state index contributed by atoms with van der Waals surface area (Å²) < 4.78 is 4.86. The molecule has 0 aliphatic heterocycles. The fraction of sp³-hybridized carbons (Fsp3) is 0.633. The number of aliphatic hydroxyl groups excluding tert-OH is 1. The molecule has 0 heterocycles. The van der Waals surface area contributed by atoms with E-state index >= 15 is 0 Å². The smallest absolute Gasteiger partial charge is 0.328 e. The molecule has 0 saturated heterocycles. The van der Waals surface area contributed by atoms with Gasteiger partial charge in [0, 0.05) is 25.2 Å². The van der Waals surface area contributed by atoms with Crippen molar-refractivity contribution < 1.29 is 24.2 Å². The fourth-order valence-electron chi connectivity index (χ4n) is 4.97. The molecule has 0 radical (unpaired) electrons. The van der Waals surface area contributed by atoms with E-state index in [-0.39, 0.29) is 17.7 Å². The summed E-state index contributed by atoms with van der Waals surface area (Å²) in [7, 11) is 1.33. The van der Waals surface area contributed by atoms with Gasteiger partial charge in [-0.2, -0.15) is 0 Å². The molecule has 0 bridgehead atoms. The minimum Gasteiger partial charge on any atom is -0.467 e. The second-order valence-corrected chi connectivity index (χ2v) is 10.0. The first-order valence-electron chi connectivity index (χ1n) is 13.7. The van der Waals surface area contributed by atoms with Gasteiger partial charge in [0.1, 0.15) is 11.8 Å². The van der Waals surface area contributed by atoms with Crippen LogP contribution in [-0.2, 0) is 25.5 Å². The van der Waals surface area contributed by atoms with Gasteiger partial charge in [0.25, 0.3) is 0 Å². The van der Waals surface area contributed by atoms with E-state index in [2.05, 4.69) is 18.3 Å². The highest BCUT2D eigenvalue weighted by Gasteiger charge is 2.32. The van der Waals surface area contributed by atoms with Crippen LogP contribution in [0.1, 0.15) is 89.5 Å². The van der Waals surface area contributed by atoms with Gasteiger partial charge in [-0.05, 0) is 37.2 Å². The number of benzene rings is 1. The molecule has 0 aromatic heterocycles. The van der Waals surface area contributed by atoms with E-state index in [0.29, 0.717) is 25.0 Å². The third-order valence-corrected chi connectivity index (χ3v) is 7.11. The Balaban J connectivity index is 1.66. The van der Waals surface area contributed by atoms with Crippen LogP contribution in [0.5, 0.6) is 0 Å². The van der Waals surface area contributed by atoms with Crippen molar-refractivity contribution in [2.24, 2.45) is 11.8 Å². The normalized spacial score (nSPS) is 19.4. The minimum absolute atomic E-state index is 0.0613. The van der Waals surface area contributed by atoms with Gasteiger partial charge >= 0.3 is 5.97 Å². The maximum absolute atomic E-state index is 12.4. The maximum Gasteiger partial charge on any atom is 0.328 e. The van der Waals surface area contributed by atoms with Crippen molar-refractivity contribution in [3.63, 3.8) is 0 Å². The van der Waals surface area contributed by atoms with Crippen LogP contribution in [0.3, 0.4) is 0 Å². The Morgan fingerprint density at radius 3 is 2.58 bits per heavy atom. The van der Waals surface area contributed by atoms with E-state index in [4.69, 9.17) is 4.74 Å². The standard InChI is InChI=1S/C30H45NO5/c1-3-4-8-15-25(32)20-18-24-19-21-28(33)26(24)16-11-5-6-12-17-29(34)31-27(30(35)36-2)22-23-13-9-7-10-14-23/h7,9-10,13-14,18,20,24-27,32H,3-6,8,11-12,15-17,19,21-22H2,1-2H3,(H,31,34). The third kappa shape index (κ3) is 11.1. The van der Waals surface area contributed by atoms with Crippen LogP contribution in [0.4, 0.5) is 0 Å². The SMILES string of the molecule is CCCCCC(O)C=CC1CCC(=O)C1CCCCCCC(=O)NC(Cc1ccccc1)C(=O)OC. The largest absolute Gasteiger partial charge is 0.467 e. The molecule has 2 N–H and O–H groups in total. The van der Waals surface area contributed by atoms with Crippen molar-refractivity contribution in [1.29, 1.82) is 0 Å². The molecule has 1 saturated carbocycles. The Hall–Kier alpha value is -2.47. The van der Waals surface area contributed by atoms with E-state index in [0.717, 1.165) is 69.8 Å². The molecule has 6 heteroatoms. The fourth-order valence-corrected chi connectivity index (χ4v) is 4.97. The molecule has 36 heavy (non-hydrogen) atoms. The molecule has 1 aliphatic rings. The molecule has 2 rings (SSSR count). The number of allylic oxidation sites excluding steroid dienone is 1. The zero-order chi connectivity index (χ0) is 26.2. The van der Waals surface area contributed by atoms with Crippen molar-refractivity contribution in [2.75, 3.05) is 7.11 Å². The number of rotatable bonds is 17. The van der Waals surface area contributed by atoms with Crippen LogP contribution < -0.4 is 5.32 Å². The number of carbonyl (C=O) groups excluding carboxylic acids is 3. The number of nitrogens with one attached hydrogen (secondary N) is 1. The van der Waals surface area contributed by atoms with Crippen molar-refractivity contribution in [3.8, 4) is 0 Å². The Labute approximate surface area is 216 Å². The van der Waals surface area contributed by atoms with Crippen LogP contribution >= 0.6 is 0 Å². The topological polar surface area (TPSA) is 92.7 Å². The predicted octanol–water partition coefficient (Wildman–Crippen LogP) is 5.32. The Kier molecular flexibility index (Phi) is 14.1. The lowest BCUT2D eigenvalue weighted by Gasteiger charge is -2.17. The van der Waals surface area contributed by atoms with Crippen LogP contribution in [0.15, 0.2) is 42.5 Å². The number of ketones is 1. The zero-order valence-corrected chi connectivity index (χ0v) is 22.1. The number of Topliss-reactive ketones (excluding diaryl/α,β-unsaturated/α-hetero) is 1. The van der Waals surface area contributed by atoms with Crippen molar-refractivity contribution in [1.82, 2.24) is 5.32 Å². The van der Waals surface area contributed by atoms with Crippen LogP contribution in [0, 0.1) is 11.8 Å². The second-order valence-electron chi connectivity index (χ2n) is 10.0. The van der Waals surface area contributed by atoms with E-state index in [1.165, 1.54) is 7.11 Å². The first kappa shape index (κ1) is 29.8. The van der Waals surface area contributed by atoms with E-state index < -0.39 is 18.1 Å². The summed E-state index contributed by atoms with van der Waals surface area (Å²) in [5.74, 6) is 0.0624. The second kappa shape index (κ2) is 17.1. The maximum atomic E-state index is 12.4. The number of hydrogen-bond acceptors (Lipinski definition) is 5. The summed E-state index contributed by atoms with van der Waals surface area (Å²) in [6.07, 6.45) is 14.4.